The van der Waals surface area contributed by atoms with Crippen molar-refractivity contribution in [2.45, 2.75) is 48.9 Å². The molecule has 0 unspecified atom stereocenters. The van der Waals surface area contributed by atoms with Gasteiger partial charge in [0, 0.05) is 12.0 Å². The van der Waals surface area contributed by atoms with E-state index in [0.717, 1.165) is 19.3 Å². The molecule has 0 radical (unpaired) electrons. The molecule has 1 saturated carbocycles. The standard InChI is InChI=1S/C16H21NOS/c1-15(2)10-9-14(16(11-15,12-17)18-3)19-13-7-5-4-6-8-13/h4-8,14H,9-11H2,1-3H3/t14-,16-/m0/s1. The number of thioether (sulfide) groups is 1. The molecule has 1 aliphatic rings. The van der Waals surface area contributed by atoms with Crippen LogP contribution in [-0.4, -0.2) is 18.0 Å². The molecule has 1 aliphatic carbocycles. The Kier molecular flexibility index (Phi) is 4.23. The molecule has 0 bridgehead atoms. The van der Waals surface area contributed by atoms with Crippen LogP contribution in [0.5, 0.6) is 0 Å². The number of hydrogen-bond donors (Lipinski definition) is 0. The molecule has 0 heterocycles. The first-order valence-corrected chi connectivity index (χ1v) is 7.57. The minimum absolute atomic E-state index is 0.180. The summed E-state index contributed by atoms with van der Waals surface area (Å²) in [5.74, 6) is 0. The number of nitriles is 1. The van der Waals surface area contributed by atoms with E-state index in [1.807, 2.05) is 18.2 Å². The number of hydrogen-bond acceptors (Lipinski definition) is 3. The summed E-state index contributed by atoms with van der Waals surface area (Å²) in [6, 6.07) is 12.7. The molecule has 0 N–H and O–H groups in total. The minimum atomic E-state index is -0.664. The van der Waals surface area contributed by atoms with Crippen molar-refractivity contribution in [3.63, 3.8) is 0 Å². The monoisotopic (exact) mass is 275 g/mol. The van der Waals surface area contributed by atoms with Gasteiger partial charge in [-0.3, -0.25) is 0 Å². The van der Waals surface area contributed by atoms with Crippen molar-refractivity contribution in [1.29, 1.82) is 5.26 Å². The lowest BCUT2D eigenvalue weighted by atomic mass is 9.70. The normalized spacial score (nSPS) is 29.7. The van der Waals surface area contributed by atoms with Crippen molar-refractivity contribution in [1.82, 2.24) is 0 Å². The van der Waals surface area contributed by atoms with Gasteiger partial charge < -0.3 is 4.74 Å². The van der Waals surface area contributed by atoms with E-state index >= 15 is 0 Å². The highest BCUT2D eigenvalue weighted by Gasteiger charge is 2.48. The van der Waals surface area contributed by atoms with E-state index in [9.17, 15) is 5.26 Å². The van der Waals surface area contributed by atoms with Crippen LogP contribution in [0.25, 0.3) is 0 Å². The highest BCUT2D eigenvalue weighted by atomic mass is 32.2. The van der Waals surface area contributed by atoms with Crippen molar-refractivity contribution in [3.8, 4) is 6.07 Å². The van der Waals surface area contributed by atoms with Crippen LogP contribution in [0.4, 0.5) is 0 Å². The maximum absolute atomic E-state index is 9.63. The van der Waals surface area contributed by atoms with Crippen LogP contribution in [-0.2, 0) is 4.74 Å². The summed E-state index contributed by atoms with van der Waals surface area (Å²) in [7, 11) is 1.67. The van der Waals surface area contributed by atoms with Crippen LogP contribution in [0.2, 0.25) is 0 Å². The van der Waals surface area contributed by atoms with Crippen molar-refractivity contribution < 1.29 is 4.74 Å². The first kappa shape index (κ1) is 14.4. The maximum atomic E-state index is 9.63. The van der Waals surface area contributed by atoms with Crippen LogP contribution in [0.3, 0.4) is 0 Å². The summed E-state index contributed by atoms with van der Waals surface area (Å²) in [4.78, 5) is 1.21. The molecular formula is C16H21NOS. The van der Waals surface area contributed by atoms with E-state index in [-0.39, 0.29) is 10.7 Å². The molecule has 0 spiro atoms. The minimum Gasteiger partial charge on any atom is -0.362 e. The van der Waals surface area contributed by atoms with Gasteiger partial charge in [0.1, 0.15) is 0 Å². The molecule has 1 fully saturated rings. The topological polar surface area (TPSA) is 33.0 Å². The van der Waals surface area contributed by atoms with Gasteiger partial charge in [-0.15, -0.1) is 11.8 Å². The van der Waals surface area contributed by atoms with E-state index in [0.29, 0.717) is 0 Å². The Morgan fingerprint density at radius 2 is 2.00 bits per heavy atom. The second kappa shape index (κ2) is 5.56. The lowest BCUT2D eigenvalue weighted by molar-refractivity contribution is -0.0242. The lowest BCUT2D eigenvalue weighted by Crippen LogP contribution is -2.48. The van der Waals surface area contributed by atoms with E-state index in [1.165, 1.54) is 4.90 Å². The molecule has 2 rings (SSSR count). The number of rotatable bonds is 3. The highest BCUT2D eigenvalue weighted by Crippen LogP contribution is 2.48. The lowest BCUT2D eigenvalue weighted by Gasteiger charge is -2.44. The van der Waals surface area contributed by atoms with Crippen molar-refractivity contribution >= 4 is 11.8 Å². The second-order valence-corrected chi connectivity index (χ2v) is 7.28. The molecule has 102 valence electrons. The third-order valence-corrected chi connectivity index (χ3v) is 5.36. The van der Waals surface area contributed by atoms with E-state index in [1.54, 1.807) is 18.9 Å². The zero-order valence-corrected chi connectivity index (χ0v) is 12.7. The maximum Gasteiger partial charge on any atom is 0.166 e. The average molecular weight is 275 g/mol. The highest BCUT2D eigenvalue weighted by molar-refractivity contribution is 8.00. The fourth-order valence-electron chi connectivity index (χ4n) is 2.85. The predicted molar refractivity (Wildman–Crippen MR) is 79.1 cm³/mol. The van der Waals surface area contributed by atoms with Gasteiger partial charge in [-0.25, -0.2) is 0 Å². The van der Waals surface area contributed by atoms with Crippen LogP contribution in [0.15, 0.2) is 35.2 Å². The van der Waals surface area contributed by atoms with E-state index in [2.05, 4.69) is 32.0 Å². The fraction of sp³-hybridized carbons (Fsp3) is 0.562. The molecule has 2 nitrogen and oxygen atoms in total. The van der Waals surface area contributed by atoms with E-state index < -0.39 is 5.60 Å². The average Bonchev–Trinajstić information content (AvgIpc) is 2.42. The summed E-state index contributed by atoms with van der Waals surface area (Å²) in [5, 5.41) is 9.84. The quantitative estimate of drug-likeness (QED) is 0.826. The largest absolute Gasteiger partial charge is 0.362 e. The molecular weight excluding hydrogens is 254 g/mol. The van der Waals surface area contributed by atoms with Gasteiger partial charge in [-0.05, 0) is 36.8 Å². The summed E-state index contributed by atoms with van der Waals surface area (Å²) in [5.41, 5.74) is -0.484. The summed E-state index contributed by atoms with van der Waals surface area (Å²) >= 11 is 1.77. The SMILES string of the molecule is CO[C@]1(C#N)CC(C)(C)CC[C@@H]1Sc1ccccc1. The van der Waals surface area contributed by atoms with Gasteiger partial charge in [0.05, 0.1) is 11.3 Å². The van der Waals surface area contributed by atoms with Gasteiger partial charge >= 0.3 is 0 Å². The molecule has 0 saturated heterocycles. The molecule has 3 heteroatoms. The van der Waals surface area contributed by atoms with E-state index in [4.69, 9.17) is 4.74 Å². The van der Waals surface area contributed by atoms with Gasteiger partial charge in [-0.2, -0.15) is 5.26 Å². The summed E-state index contributed by atoms with van der Waals surface area (Å²) < 4.78 is 5.67. The van der Waals surface area contributed by atoms with Gasteiger partial charge in [0.2, 0.25) is 0 Å². The van der Waals surface area contributed by atoms with Crippen molar-refractivity contribution in [2.75, 3.05) is 7.11 Å². The third-order valence-electron chi connectivity index (χ3n) is 3.92. The second-order valence-electron chi connectivity index (χ2n) is 6.00. The summed E-state index contributed by atoms with van der Waals surface area (Å²) in [6.07, 6.45) is 2.97. The predicted octanol–water partition coefficient (Wildman–Crippen LogP) is 4.27. The Morgan fingerprint density at radius 1 is 1.32 bits per heavy atom. The molecule has 0 amide bonds. The van der Waals surface area contributed by atoms with Crippen LogP contribution in [0, 0.1) is 16.7 Å². The van der Waals surface area contributed by atoms with Crippen LogP contribution in [0.1, 0.15) is 33.1 Å². The van der Waals surface area contributed by atoms with Crippen molar-refractivity contribution in [3.05, 3.63) is 30.3 Å². The Balaban J connectivity index is 2.22. The molecule has 0 aromatic heterocycles. The van der Waals surface area contributed by atoms with Crippen LogP contribution < -0.4 is 0 Å². The molecule has 1 aromatic carbocycles. The fourth-order valence-corrected chi connectivity index (χ4v) is 4.15. The Morgan fingerprint density at radius 3 is 2.58 bits per heavy atom. The third kappa shape index (κ3) is 3.13. The first-order chi connectivity index (χ1) is 9.01. The Labute approximate surface area is 120 Å². The number of benzene rings is 1. The summed E-state index contributed by atoms with van der Waals surface area (Å²) in [6.45, 7) is 4.45. The molecule has 1 aromatic rings. The number of nitrogens with zero attached hydrogens (tertiary/aromatic N) is 1. The van der Waals surface area contributed by atoms with Gasteiger partial charge in [0.25, 0.3) is 0 Å². The zero-order valence-electron chi connectivity index (χ0n) is 11.8. The molecule has 2 atom stereocenters. The smallest absolute Gasteiger partial charge is 0.166 e. The van der Waals surface area contributed by atoms with Gasteiger partial charge in [0.15, 0.2) is 5.60 Å². The van der Waals surface area contributed by atoms with Crippen LogP contribution >= 0.6 is 11.8 Å². The zero-order chi connectivity index (χ0) is 13.9. The first-order valence-electron chi connectivity index (χ1n) is 6.69. The van der Waals surface area contributed by atoms with Gasteiger partial charge in [-0.1, -0.05) is 32.0 Å². The number of ether oxygens (including phenoxy) is 1. The molecule has 19 heavy (non-hydrogen) atoms. The van der Waals surface area contributed by atoms with Crippen molar-refractivity contribution in [2.24, 2.45) is 5.41 Å². The Bertz CT molecular complexity index is 465. The number of methoxy groups -OCH3 is 1. The molecule has 0 aliphatic heterocycles. The Hall–Kier alpha value is -0.980.